The van der Waals surface area contributed by atoms with Gasteiger partial charge in [-0.25, -0.2) is 4.68 Å². The number of aryl methyl sites for hydroxylation is 1. The van der Waals surface area contributed by atoms with Crippen molar-refractivity contribution in [3.05, 3.63) is 30.1 Å². The van der Waals surface area contributed by atoms with E-state index >= 15 is 0 Å². The molecule has 0 spiro atoms. The highest BCUT2D eigenvalue weighted by Gasteiger charge is 2.06. The minimum Gasteiger partial charge on any atom is -0.318 e. The Hall–Kier alpha value is -1.47. The van der Waals surface area contributed by atoms with Gasteiger partial charge in [0, 0.05) is 24.2 Å². The van der Waals surface area contributed by atoms with E-state index in [0.717, 1.165) is 36.1 Å². The lowest BCUT2D eigenvalue weighted by molar-refractivity contribution is 0.530. The smallest absolute Gasteiger partial charge is 0.209 e. The van der Waals surface area contributed by atoms with Crippen LogP contribution in [0.15, 0.2) is 29.6 Å². The lowest BCUT2D eigenvalue weighted by Gasteiger charge is -2.03. The van der Waals surface area contributed by atoms with Crippen LogP contribution in [0.2, 0.25) is 0 Å². The molecular weight excluding hydrogens is 248 g/mol. The lowest BCUT2D eigenvalue weighted by atomic mass is 10.3. The number of pyridine rings is 1. The fourth-order valence-electron chi connectivity index (χ4n) is 1.45. The number of aromatic nitrogens is 5. The Balaban J connectivity index is 1.81. The first-order valence-corrected chi connectivity index (χ1v) is 6.82. The molecule has 96 valence electrons. The largest absolute Gasteiger partial charge is 0.318 e. The first kappa shape index (κ1) is 13.0. The number of thioether (sulfide) groups is 1. The third kappa shape index (κ3) is 3.78. The van der Waals surface area contributed by atoms with Crippen molar-refractivity contribution in [2.75, 3.05) is 19.3 Å². The molecule has 0 bridgehead atoms. The van der Waals surface area contributed by atoms with Gasteiger partial charge in [0.25, 0.3) is 0 Å². The van der Waals surface area contributed by atoms with E-state index in [4.69, 9.17) is 0 Å². The summed E-state index contributed by atoms with van der Waals surface area (Å²) in [4.78, 5) is 4.29. The molecule has 6 nitrogen and oxygen atoms in total. The summed E-state index contributed by atoms with van der Waals surface area (Å²) >= 11 is 1.66. The molecule has 0 saturated heterocycles. The topological polar surface area (TPSA) is 68.5 Å². The van der Waals surface area contributed by atoms with E-state index < -0.39 is 0 Å². The molecule has 1 N–H and O–H groups in total. The van der Waals surface area contributed by atoms with Gasteiger partial charge in [-0.15, -0.1) is 5.10 Å². The molecule has 2 aromatic rings. The molecule has 0 atom stereocenters. The average molecular weight is 264 g/mol. The van der Waals surface area contributed by atoms with Crippen LogP contribution in [0.4, 0.5) is 0 Å². The molecule has 0 aromatic carbocycles. The average Bonchev–Trinajstić information content (AvgIpc) is 2.85. The van der Waals surface area contributed by atoms with Gasteiger partial charge >= 0.3 is 0 Å². The van der Waals surface area contributed by atoms with Gasteiger partial charge in [0.05, 0.1) is 6.54 Å². The van der Waals surface area contributed by atoms with Gasteiger partial charge in [-0.1, -0.05) is 17.8 Å². The van der Waals surface area contributed by atoms with E-state index in [1.165, 1.54) is 0 Å². The molecule has 18 heavy (non-hydrogen) atoms. The Kier molecular flexibility index (Phi) is 5.10. The Morgan fingerprint density at radius 1 is 1.39 bits per heavy atom. The first-order chi connectivity index (χ1) is 8.90. The van der Waals surface area contributed by atoms with E-state index in [0.29, 0.717) is 0 Å². The summed E-state index contributed by atoms with van der Waals surface area (Å²) in [7, 11) is 1.91. The van der Waals surface area contributed by atoms with Crippen LogP contribution in [0.5, 0.6) is 0 Å². The second-order valence-electron chi connectivity index (χ2n) is 3.71. The van der Waals surface area contributed by atoms with Crippen LogP contribution >= 0.6 is 11.8 Å². The van der Waals surface area contributed by atoms with Gasteiger partial charge in [-0.2, -0.15) is 0 Å². The van der Waals surface area contributed by atoms with Crippen LogP contribution in [0.3, 0.4) is 0 Å². The Morgan fingerprint density at radius 3 is 3.11 bits per heavy atom. The normalized spacial score (nSPS) is 10.7. The van der Waals surface area contributed by atoms with Crippen LogP contribution < -0.4 is 5.32 Å². The van der Waals surface area contributed by atoms with Crippen molar-refractivity contribution in [3.8, 4) is 0 Å². The number of hydrogen-bond acceptors (Lipinski definition) is 6. The fraction of sp³-hybridized carbons (Fsp3) is 0.455. The van der Waals surface area contributed by atoms with Crippen LogP contribution in [0.1, 0.15) is 5.69 Å². The van der Waals surface area contributed by atoms with E-state index in [9.17, 15) is 0 Å². The second kappa shape index (κ2) is 7.07. The van der Waals surface area contributed by atoms with Gasteiger partial charge in [-0.3, -0.25) is 4.98 Å². The van der Waals surface area contributed by atoms with Crippen LogP contribution in [-0.4, -0.2) is 44.5 Å². The minimum atomic E-state index is 0.787. The maximum absolute atomic E-state index is 4.29. The minimum absolute atomic E-state index is 0.787. The number of nitrogens with zero attached hydrogens (tertiary/aromatic N) is 5. The van der Waals surface area contributed by atoms with Crippen LogP contribution in [0, 0.1) is 0 Å². The number of rotatable bonds is 7. The summed E-state index contributed by atoms with van der Waals surface area (Å²) < 4.78 is 1.82. The maximum Gasteiger partial charge on any atom is 0.209 e. The molecule has 0 amide bonds. The molecule has 7 heteroatoms. The van der Waals surface area contributed by atoms with Crippen LogP contribution in [0.25, 0.3) is 0 Å². The number of likely N-dealkylation sites (N-methyl/N-ethyl adjacent to an activating group) is 1. The molecular formula is C11H16N6S. The molecule has 0 aliphatic rings. The Morgan fingerprint density at radius 2 is 2.33 bits per heavy atom. The highest BCUT2D eigenvalue weighted by Crippen LogP contribution is 2.14. The van der Waals surface area contributed by atoms with Crippen molar-refractivity contribution in [2.24, 2.45) is 0 Å². The van der Waals surface area contributed by atoms with Gasteiger partial charge < -0.3 is 5.32 Å². The van der Waals surface area contributed by atoms with Gasteiger partial charge in [0.15, 0.2) is 0 Å². The van der Waals surface area contributed by atoms with E-state index in [1.54, 1.807) is 11.8 Å². The SMILES string of the molecule is CNCCn1nnnc1SCCc1ccccn1. The number of hydrogen-bond donors (Lipinski definition) is 1. The maximum atomic E-state index is 4.29. The van der Waals surface area contributed by atoms with Gasteiger partial charge in [0.1, 0.15) is 0 Å². The second-order valence-corrected chi connectivity index (χ2v) is 4.77. The molecule has 0 aliphatic heterocycles. The zero-order valence-electron chi connectivity index (χ0n) is 10.3. The zero-order valence-corrected chi connectivity index (χ0v) is 11.1. The molecule has 0 saturated carbocycles. The van der Waals surface area contributed by atoms with Crippen molar-refractivity contribution in [1.29, 1.82) is 0 Å². The van der Waals surface area contributed by atoms with Gasteiger partial charge in [0.2, 0.25) is 5.16 Å². The van der Waals surface area contributed by atoms with E-state index in [-0.39, 0.29) is 0 Å². The third-order valence-electron chi connectivity index (χ3n) is 2.39. The molecule has 2 rings (SSSR count). The molecule has 0 aliphatic carbocycles. The standard InChI is InChI=1S/C11H16N6S/c1-12-7-8-17-11(14-15-16-17)18-9-5-10-4-2-3-6-13-10/h2-4,6,12H,5,7-9H2,1H3. The monoisotopic (exact) mass is 264 g/mol. The van der Waals surface area contributed by atoms with Gasteiger partial charge in [-0.05, 0) is 36.0 Å². The summed E-state index contributed by atoms with van der Waals surface area (Å²) in [6.07, 6.45) is 2.74. The molecule has 0 fully saturated rings. The van der Waals surface area contributed by atoms with E-state index in [1.807, 2.05) is 36.1 Å². The summed E-state index contributed by atoms with van der Waals surface area (Å²) in [5.41, 5.74) is 1.10. The fourth-order valence-corrected chi connectivity index (χ4v) is 2.32. The predicted molar refractivity (Wildman–Crippen MR) is 70.4 cm³/mol. The first-order valence-electron chi connectivity index (χ1n) is 5.83. The molecule has 2 heterocycles. The lowest BCUT2D eigenvalue weighted by Crippen LogP contribution is -2.16. The van der Waals surface area contributed by atoms with Crippen molar-refractivity contribution < 1.29 is 0 Å². The van der Waals surface area contributed by atoms with Crippen molar-refractivity contribution in [2.45, 2.75) is 18.1 Å². The van der Waals surface area contributed by atoms with Crippen LogP contribution in [-0.2, 0) is 13.0 Å². The summed E-state index contributed by atoms with van der Waals surface area (Å²) in [6.45, 7) is 1.65. The quantitative estimate of drug-likeness (QED) is 0.740. The highest BCUT2D eigenvalue weighted by molar-refractivity contribution is 7.99. The molecule has 2 aromatic heterocycles. The number of tetrazole rings is 1. The summed E-state index contributed by atoms with van der Waals surface area (Å²) in [5, 5.41) is 15.6. The number of nitrogens with one attached hydrogen (secondary N) is 1. The van der Waals surface area contributed by atoms with Crippen molar-refractivity contribution in [1.82, 2.24) is 30.5 Å². The molecule has 0 radical (unpaired) electrons. The summed E-state index contributed by atoms with van der Waals surface area (Å²) in [5.74, 6) is 0.928. The summed E-state index contributed by atoms with van der Waals surface area (Å²) in [6, 6.07) is 5.96. The zero-order chi connectivity index (χ0) is 12.6. The Bertz CT molecular complexity index is 458. The third-order valence-corrected chi connectivity index (χ3v) is 3.35. The predicted octanol–water partition coefficient (Wildman–Crippen LogP) is 0.622. The highest BCUT2D eigenvalue weighted by atomic mass is 32.2. The van der Waals surface area contributed by atoms with E-state index in [2.05, 4.69) is 25.8 Å². The Labute approximate surface area is 110 Å². The van der Waals surface area contributed by atoms with Crippen molar-refractivity contribution in [3.63, 3.8) is 0 Å². The molecule has 0 unspecified atom stereocenters. The van der Waals surface area contributed by atoms with Crippen molar-refractivity contribution >= 4 is 11.8 Å².